The highest BCUT2D eigenvalue weighted by atomic mass is 35.5. The quantitative estimate of drug-likeness (QED) is 0.708. The molecule has 0 aliphatic heterocycles. The fourth-order valence-electron chi connectivity index (χ4n) is 2.01. The first-order chi connectivity index (χ1) is 10.1. The van der Waals surface area contributed by atoms with Gasteiger partial charge in [-0.1, -0.05) is 29.8 Å². The Labute approximate surface area is 126 Å². The Hall–Kier alpha value is -2.59. The van der Waals surface area contributed by atoms with Gasteiger partial charge in [0.05, 0.1) is 28.1 Å². The number of anilines is 2. The maximum Gasteiger partial charge on any atom is 0.255 e. The third-order valence-corrected chi connectivity index (χ3v) is 3.44. The van der Waals surface area contributed by atoms with Crippen LogP contribution in [0.15, 0.2) is 54.7 Å². The summed E-state index contributed by atoms with van der Waals surface area (Å²) in [6, 6.07) is 14.4. The lowest BCUT2D eigenvalue weighted by molar-refractivity contribution is 0.102. The van der Waals surface area contributed by atoms with E-state index >= 15 is 0 Å². The summed E-state index contributed by atoms with van der Waals surface area (Å²) in [7, 11) is 0. The van der Waals surface area contributed by atoms with E-state index in [9.17, 15) is 4.79 Å². The molecule has 1 aromatic heterocycles. The van der Waals surface area contributed by atoms with Crippen molar-refractivity contribution in [2.75, 3.05) is 11.1 Å². The number of para-hydroxylation sites is 1. The number of pyridine rings is 1. The summed E-state index contributed by atoms with van der Waals surface area (Å²) in [6.07, 6.45) is 1.62. The van der Waals surface area contributed by atoms with Crippen LogP contribution in [0.4, 0.5) is 11.4 Å². The zero-order valence-electron chi connectivity index (χ0n) is 11.0. The minimum Gasteiger partial charge on any atom is -0.398 e. The zero-order valence-corrected chi connectivity index (χ0v) is 11.8. The van der Waals surface area contributed by atoms with Gasteiger partial charge in [-0.3, -0.25) is 9.78 Å². The Morgan fingerprint density at radius 3 is 2.76 bits per heavy atom. The van der Waals surface area contributed by atoms with Crippen LogP contribution in [0.1, 0.15) is 10.4 Å². The Balaban J connectivity index is 1.87. The Morgan fingerprint density at radius 1 is 1.14 bits per heavy atom. The first kappa shape index (κ1) is 13.4. The molecular formula is C16H12ClN3O. The number of halogens is 1. The number of nitrogens with zero attached hydrogens (tertiary/aromatic N) is 1. The molecule has 21 heavy (non-hydrogen) atoms. The first-order valence-corrected chi connectivity index (χ1v) is 6.72. The van der Waals surface area contributed by atoms with Gasteiger partial charge in [0.25, 0.3) is 5.91 Å². The number of benzene rings is 2. The van der Waals surface area contributed by atoms with Gasteiger partial charge in [0.2, 0.25) is 0 Å². The normalized spacial score (nSPS) is 10.5. The molecule has 0 radical (unpaired) electrons. The van der Waals surface area contributed by atoms with Crippen LogP contribution in [-0.4, -0.2) is 10.9 Å². The van der Waals surface area contributed by atoms with E-state index in [2.05, 4.69) is 10.3 Å². The predicted octanol–water partition coefficient (Wildman–Crippen LogP) is 3.72. The fourth-order valence-corrected chi connectivity index (χ4v) is 2.19. The third kappa shape index (κ3) is 2.80. The predicted molar refractivity (Wildman–Crippen MR) is 85.6 cm³/mol. The minimum atomic E-state index is -0.256. The molecule has 5 heteroatoms. The van der Waals surface area contributed by atoms with Gasteiger partial charge in [-0.05, 0) is 30.3 Å². The number of fused-ring (bicyclic) bond motifs is 1. The summed E-state index contributed by atoms with van der Waals surface area (Å²) in [5.74, 6) is -0.256. The van der Waals surface area contributed by atoms with Crippen LogP contribution in [0.5, 0.6) is 0 Å². The molecule has 0 aliphatic rings. The molecule has 3 N–H and O–H groups in total. The van der Waals surface area contributed by atoms with Crippen molar-refractivity contribution in [3.63, 3.8) is 0 Å². The van der Waals surface area contributed by atoms with Crippen LogP contribution in [0.2, 0.25) is 5.02 Å². The highest BCUT2D eigenvalue weighted by molar-refractivity contribution is 6.33. The Bertz CT molecular complexity index is 833. The molecule has 0 fully saturated rings. The second-order valence-corrected chi connectivity index (χ2v) is 5.01. The summed E-state index contributed by atoms with van der Waals surface area (Å²) < 4.78 is 0. The average Bonchev–Trinajstić information content (AvgIpc) is 2.50. The number of nitrogens with two attached hydrogens (primary N) is 1. The molecule has 0 unspecified atom stereocenters. The molecule has 0 saturated heterocycles. The lowest BCUT2D eigenvalue weighted by Gasteiger charge is -2.07. The fraction of sp³-hybridized carbons (Fsp3) is 0. The maximum atomic E-state index is 12.2. The van der Waals surface area contributed by atoms with Gasteiger partial charge in [0.1, 0.15) is 0 Å². The smallest absolute Gasteiger partial charge is 0.255 e. The van der Waals surface area contributed by atoms with Crippen molar-refractivity contribution in [2.24, 2.45) is 0 Å². The van der Waals surface area contributed by atoms with Crippen molar-refractivity contribution < 1.29 is 4.79 Å². The number of carbonyl (C=O) groups excluding carboxylic acids is 1. The summed E-state index contributed by atoms with van der Waals surface area (Å²) in [5.41, 5.74) is 8.03. The minimum absolute atomic E-state index is 0.256. The standard InChI is InChI=1S/C16H12ClN3O/c17-13-8-11(5-6-14(13)18)16(21)20-12-7-10-3-1-2-4-15(10)19-9-12/h1-9H,18H2,(H,20,21). The number of rotatable bonds is 2. The second kappa shape index (κ2) is 5.42. The van der Waals surface area contributed by atoms with E-state index in [4.69, 9.17) is 17.3 Å². The van der Waals surface area contributed by atoms with Crippen molar-refractivity contribution in [1.29, 1.82) is 0 Å². The summed E-state index contributed by atoms with van der Waals surface area (Å²) >= 11 is 5.92. The third-order valence-electron chi connectivity index (χ3n) is 3.11. The van der Waals surface area contributed by atoms with E-state index in [1.165, 1.54) is 0 Å². The number of carbonyl (C=O) groups is 1. The molecule has 0 atom stereocenters. The van der Waals surface area contributed by atoms with E-state index < -0.39 is 0 Å². The van der Waals surface area contributed by atoms with E-state index in [0.29, 0.717) is 22.0 Å². The van der Waals surface area contributed by atoms with Gasteiger partial charge in [0.15, 0.2) is 0 Å². The van der Waals surface area contributed by atoms with Gasteiger partial charge in [-0.2, -0.15) is 0 Å². The number of amides is 1. The first-order valence-electron chi connectivity index (χ1n) is 6.34. The molecule has 0 bridgehead atoms. The molecule has 0 spiro atoms. The average molecular weight is 298 g/mol. The van der Waals surface area contributed by atoms with E-state index in [0.717, 1.165) is 10.9 Å². The van der Waals surface area contributed by atoms with Crippen LogP contribution in [-0.2, 0) is 0 Å². The Kier molecular flexibility index (Phi) is 3.46. The molecule has 1 heterocycles. The van der Waals surface area contributed by atoms with E-state index in [1.54, 1.807) is 24.4 Å². The van der Waals surface area contributed by atoms with Crippen molar-refractivity contribution >= 4 is 39.8 Å². The highest BCUT2D eigenvalue weighted by Gasteiger charge is 2.08. The topological polar surface area (TPSA) is 68.0 Å². The van der Waals surface area contributed by atoms with Crippen molar-refractivity contribution in [3.8, 4) is 0 Å². The monoisotopic (exact) mass is 297 g/mol. The van der Waals surface area contributed by atoms with E-state index in [-0.39, 0.29) is 5.91 Å². The van der Waals surface area contributed by atoms with Crippen molar-refractivity contribution in [2.45, 2.75) is 0 Å². The maximum absolute atomic E-state index is 12.2. The summed E-state index contributed by atoms with van der Waals surface area (Å²) in [6.45, 7) is 0. The molecule has 4 nitrogen and oxygen atoms in total. The number of aromatic nitrogens is 1. The SMILES string of the molecule is Nc1ccc(C(=O)Nc2cnc3ccccc3c2)cc1Cl. The molecule has 0 saturated carbocycles. The van der Waals surface area contributed by atoms with Crippen LogP contribution in [0, 0.1) is 0 Å². The molecule has 1 amide bonds. The van der Waals surface area contributed by atoms with Gasteiger partial charge in [-0.15, -0.1) is 0 Å². The zero-order chi connectivity index (χ0) is 14.8. The van der Waals surface area contributed by atoms with Crippen LogP contribution < -0.4 is 11.1 Å². The molecular weight excluding hydrogens is 286 g/mol. The van der Waals surface area contributed by atoms with E-state index in [1.807, 2.05) is 30.3 Å². The Morgan fingerprint density at radius 2 is 1.95 bits per heavy atom. The summed E-state index contributed by atoms with van der Waals surface area (Å²) in [5, 5.41) is 4.12. The van der Waals surface area contributed by atoms with Crippen LogP contribution in [0.25, 0.3) is 10.9 Å². The summed E-state index contributed by atoms with van der Waals surface area (Å²) in [4.78, 5) is 16.5. The van der Waals surface area contributed by atoms with Gasteiger partial charge < -0.3 is 11.1 Å². The van der Waals surface area contributed by atoms with Crippen LogP contribution >= 0.6 is 11.6 Å². The van der Waals surface area contributed by atoms with Crippen molar-refractivity contribution in [1.82, 2.24) is 4.98 Å². The molecule has 104 valence electrons. The van der Waals surface area contributed by atoms with Gasteiger partial charge in [-0.25, -0.2) is 0 Å². The molecule has 3 rings (SSSR count). The van der Waals surface area contributed by atoms with Crippen LogP contribution in [0.3, 0.4) is 0 Å². The molecule has 2 aromatic carbocycles. The lowest BCUT2D eigenvalue weighted by Crippen LogP contribution is -2.12. The van der Waals surface area contributed by atoms with Crippen molar-refractivity contribution in [3.05, 3.63) is 65.3 Å². The number of hydrogen-bond donors (Lipinski definition) is 2. The second-order valence-electron chi connectivity index (χ2n) is 4.61. The lowest BCUT2D eigenvalue weighted by atomic mass is 10.2. The molecule has 3 aromatic rings. The van der Waals surface area contributed by atoms with Gasteiger partial charge in [0, 0.05) is 10.9 Å². The highest BCUT2D eigenvalue weighted by Crippen LogP contribution is 2.21. The number of nitrogens with one attached hydrogen (secondary N) is 1. The van der Waals surface area contributed by atoms with Gasteiger partial charge >= 0.3 is 0 Å². The largest absolute Gasteiger partial charge is 0.398 e. The number of nitrogen functional groups attached to an aromatic ring is 1. The molecule has 0 aliphatic carbocycles. The number of hydrogen-bond acceptors (Lipinski definition) is 3.